The third kappa shape index (κ3) is 5.19. The second kappa shape index (κ2) is 9.86. The molecule has 0 spiro atoms. The second-order valence-electron chi connectivity index (χ2n) is 8.15. The van der Waals surface area contributed by atoms with Crippen molar-refractivity contribution in [3.63, 3.8) is 0 Å². The lowest BCUT2D eigenvalue weighted by Crippen LogP contribution is -2.46. The van der Waals surface area contributed by atoms with Gasteiger partial charge in [-0.2, -0.15) is 4.98 Å². The molecule has 2 aromatic rings. The molecule has 31 heavy (non-hydrogen) atoms. The second-order valence-corrected chi connectivity index (χ2v) is 8.15. The van der Waals surface area contributed by atoms with E-state index in [1.54, 1.807) is 13.3 Å². The molecule has 0 unspecified atom stereocenters. The molecule has 0 bridgehead atoms. The lowest BCUT2D eigenvalue weighted by molar-refractivity contribution is -0.384. The van der Waals surface area contributed by atoms with Crippen LogP contribution >= 0.6 is 0 Å². The highest BCUT2D eigenvalue weighted by Gasteiger charge is 2.29. The Bertz CT molecular complexity index is 898. The summed E-state index contributed by atoms with van der Waals surface area (Å²) in [5.41, 5.74) is 0.735. The first kappa shape index (κ1) is 21.2. The highest BCUT2D eigenvalue weighted by Crippen LogP contribution is 2.31. The van der Waals surface area contributed by atoms with E-state index >= 15 is 0 Å². The van der Waals surface area contributed by atoms with Gasteiger partial charge in [-0.3, -0.25) is 10.1 Å². The van der Waals surface area contributed by atoms with Crippen LogP contribution in [-0.2, 0) is 6.54 Å². The van der Waals surface area contributed by atoms with E-state index in [0.29, 0.717) is 30.8 Å². The maximum Gasteiger partial charge on any atom is 0.329 e. The zero-order valence-corrected chi connectivity index (χ0v) is 17.8. The Labute approximate surface area is 181 Å². The van der Waals surface area contributed by atoms with Crippen LogP contribution in [0.5, 0.6) is 5.88 Å². The molecule has 1 aliphatic heterocycles. The van der Waals surface area contributed by atoms with E-state index in [4.69, 9.17) is 4.74 Å². The summed E-state index contributed by atoms with van der Waals surface area (Å²) in [7, 11) is 1.56. The molecule has 1 saturated heterocycles. The maximum absolute atomic E-state index is 11.4. The fraction of sp³-hybridized carbons (Fsp3) is 0.571. The Kier molecular flexibility index (Phi) is 6.76. The quantitative estimate of drug-likeness (QED) is 0.460. The number of anilines is 2. The summed E-state index contributed by atoms with van der Waals surface area (Å²) in [4.78, 5) is 26.2. The number of rotatable bonds is 9. The lowest BCUT2D eigenvalue weighted by Gasteiger charge is -2.42. The molecule has 3 heterocycles. The molecule has 4 rings (SSSR count). The lowest BCUT2D eigenvalue weighted by atomic mass is 9.84. The van der Waals surface area contributed by atoms with Gasteiger partial charge in [0, 0.05) is 30.9 Å². The van der Waals surface area contributed by atoms with Crippen molar-refractivity contribution < 1.29 is 9.66 Å². The average Bonchev–Trinajstić information content (AvgIpc) is 2.76. The Hall–Kier alpha value is -3.01. The van der Waals surface area contributed by atoms with Gasteiger partial charge in [-0.25, -0.2) is 9.97 Å². The fourth-order valence-electron chi connectivity index (χ4n) is 4.30. The van der Waals surface area contributed by atoms with Crippen LogP contribution in [0.25, 0.3) is 0 Å². The number of ether oxygens (including phenoxy) is 1. The molecule has 2 N–H and O–H groups in total. The molecule has 10 nitrogen and oxygen atoms in total. The molecule has 0 aromatic carbocycles. The van der Waals surface area contributed by atoms with Crippen molar-refractivity contribution in [1.82, 2.24) is 19.9 Å². The summed E-state index contributed by atoms with van der Waals surface area (Å²) in [6.07, 6.45) is 8.92. The SMILES string of the molecule is COc1ncccc1CNc1ncc([N+](=O)[O-])c(NC[C@H]2CC[C@H](N3CCC3)CC2)n1. The molecule has 1 aliphatic carbocycles. The van der Waals surface area contributed by atoms with Gasteiger partial charge in [0.1, 0.15) is 6.20 Å². The molecule has 2 fully saturated rings. The number of nitrogens with zero attached hydrogens (tertiary/aromatic N) is 5. The maximum atomic E-state index is 11.4. The van der Waals surface area contributed by atoms with Gasteiger partial charge < -0.3 is 20.3 Å². The first-order chi connectivity index (χ1) is 15.1. The number of hydrogen-bond acceptors (Lipinski definition) is 9. The Morgan fingerprint density at radius 1 is 1.23 bits per heavy atom. The van der Waals surface area contributed by atoms with Gasteiger partial charge in [-0.15, -0.1) is 0 Å². The number of nitrogens with one attached hydrogen (secondary N) is 2. The predicted molar refractivity (Wildman–Crippen MR) is 117 cm³/mol. The Morgan fingerprint density at radius 2 is 2.03 bits per heavy atom. The highest BCUT2D eigenvalue weighted by molar-refractivity contribution is 5.57. The van der Waals surface area contributed by atoms with Crippen LogP contribution in [0.15, 0.2) is 24.5 Å². The number of pyridine rings is 1. The van der Waals surface area contributed by atoms with Gasteiger partial charge in [-0.1, -0.05) is 6.07 Å². The van der Waals surface area contributed by atoms with Crippen molar-refractivity contribution in [3.05, 3.63) is 40.2 Å². The van der Waals surface area contributed by atoms with Gasteiger partial charge in [0.15, 0.2) is 0 Å². The monoisotopic (exact) mass is 427 g/mol. The summed E-state index contributed by atoms with van der Waals surface area (Å²) in [6.45, 7) is 3.55. The van der Waals surface area contributed by atoms with Crippen molar-refractivity contribution in [2.75, 3.05) is 37.4 Å². The average molecular weight is 428 g/mol. The van der Waals surface area contributed by atoms with Gasteiger partial charge in [0.05, 0.1) is 12.0 Å². The third-order valence-corrected chi connectivity index (χ3v) is 6.23. The van der Waals surface area contributed by atoms with Crippen LogP contribution in [0.1, 0.15) is 37.7 Å². The largest absolute Gasteiger partial charge is 0.481 e. The molecule has 166 valence electrons. The summed E-state index contributed by atoms with van der Waals surface area (Å²) < 4.78 is 5.25. The summed E-state index contributed by atoms with van der Waals surface area (Å²) in [6, 6.07) is 4.43. The molecule has 2 aromatic heterocycles. The molecule has 1 saturated carbocycles. The van der Waals surface area contributed by atoms with E-state index in [1.807, 2.05) is 12.1 Å². The van der Waals surface area contributed by atoms with Crippen molar-refractivity contribution in [2.45, 2.75) is 44.7 Å². The molecular weight excluding hydrogens is 398 g/mol. The Morgan fingerprint density at radius 3 is 2.71 bits per heavy atom. The van der Waals surface area contributed by atoms with Gasteiger partial charge >= 0.3 is 5.69 Å². The van der Waals surface area contributed by atoms with Crippen molar-refractivity contribution >= 4 is 17.5 Å². The smallest absolute Gasteiger partial charge is 0.329 e. The molecule has 0 radical (unpaired) electrons. The van der Waals surface area contributed by atoms with Crippen LogP contribution in [0.4, 0.5) is 17.5 Å². The summed E-state index contributed by atoms with van der Waals surface area (Å²) in [5, 5.41) is 17.8. The number of likely N-dealkylation sites (tertiary alicyclic amines) is 1. The van der Waals surface area contributed by atoms with Crippen LogP contribution in [0, 0.1) is 16.0 Å². The normalized spacial score (nSPS) is 21.2. The predicted octanol–water partition coefficient (Wildman–Crippen LogP) is 3.08. The highest BCUT2D eigenvalue weighted by atomic mass is 16.6. The minimum absolute atomic E-state index is 0.112. The summed E-state index contributed by atoms with van der Waals surface area (Å²) >= 11 is 0. The molecule has 2 aliphatic rings. The van der Waals surface area contributed by atoms with Crippen LogP contribution in [0.3, 0.4) is 0 Å². The van der Waals surface area contributed by atoms with E-state index in [-0.39, 0.29) is 11.5 Å². The fourth-order valence-corrected chi connectivity index (χ4v) is 4.30. The number of aromatic nitrogens is 3. The zero-order valence-electron chi connectivity index (χ0n) is 17.8. The summed E-state index contributed by atoms with van der Waals surface area (Å²) in [5.74, 6) is 1.60. The number of hydrogen-bond donors (Lipinski definition) is 2. The molecule has 0 atom stereocenters. The Balaban J connectivity index is 1.36. The van der Waals surface area contributed by atoms with Crippen LogP contribution < -0.4 is 15.4 Å². The minimum atomic E-state index is -0.447. The molecule has 10 heteroatoms. The van der Waals surface area contributed by atoms with Crippen molar-refractivity contribution in [3.8, 4) is 5.88 Å². The van der Waals surface area contributed by atoms with E-state index in [9.17, 15) is 10.1 Å². The first-order valence-electron chi connectivity index (χ1n) is 10.8. The third-order valence-electron chi connectivity index (χ3n) is 6.23. The molecule has 0 amide bonds. The van der Waals surface area contributed by atoms with Crippen molar-refractivity contribution in [2.24, 2.45) is 5.92 Å². The number of methoxy groups -OCH3 is 1. The zero-order chi connectivity index (χ0) is 21.6. The van der Waals surface area contributed by atoms with E-state index in [0.717, 1.165) is 24.4 Å². The number of nitro groups is 1. The van der Waals surface area contributed by atoms with E-state index in [2.05, 4.69) is 30.5 Å². The molecular formula is C21H29N7O3. The minimum Gasteiger partial charge on any atom is -0.481 e. The van der Waals surface area contributed by atoms with Gasteiger partial charge in [0.25, 0.3) is 0 Å². The van der Waals surface area contributed by atoms with Crippen LogP contribution in [0.2, 0.25) is 0 Å². The van der Waals surface area contributed by atoms with Crippen molar-refractivity contribution in [1.29, 1.82) is 0 Å². The van der Waals surface area contributed by atoms with Gasteiger partial charge in [0.2, 0.25) is 17.6 Å². The topological polar surface area (TPSA) is 118 Å². The first-order valence-corrected chi connectivity index (χ1v) is 10.8. The standard InChI is InChI=1S/C21H29N7O3/c1-31-20-16(4-2-9-22-20)13-24-21-25-14-18(28(29)30)19(26-21)23-12-15-5-7-17(8-6-15)27-10-3-11-27/h2,4,9,14-15,17H,3,5-8,10-13H2,1H3,(H2,23,24,25,26)/t15-,17-. The van der Waals surface area contributed by atoms with E-state index in [1.165, 1.54) is 38.5 Å². The van der Waals surface area contributed by atoms with Crippen LogP contribution in [-0.4, -0.2) is 57.6 Å². The van der Waals surface area contributed by atoms with Gasteiger partial charge in [-0.05, 0) is 57.2 Å². The van der Waals surface area contributed by atoms with E-state index < -0.39 is 4.92 Å².